The number of thiophene rings is 1. The van der Waals surface area contributed by atoms with Gasteiger partial charge in [0.2, 0.25) is 5.91 Å². The van der Waals surface area contributed by atoms with Crippen molar-refractivity contribution in [2.24, 2.45) is 0 Å². The summed E-state index contributed by atoms with van der Waals surface area (Å²) in [6.45, 7) is 0. The van der Waals surface area contributed by atoms with Crippen LogP contribution in [0.3, 0.4) is 0 Å². The molecule has 3 nitrogen and oxygen atoms in total. The molecule has 0 aliphatic rings. The van der Waals surface area contributed by atoms with Crippen LogP contribution in [0.4, 0.5) is 0 Å². The zero-order valence-electron chi connectivity index (χ0n) is 11.5. The topological polar surface area (TPSA) is 37.4 Å². The van der Waals surface area contributed by atoms with Gasteiger partial charge in [-0.2, -0.15) is 11.3 Å². The SMILES string of the molecule is CN(C)C(=O)CS(=O)Cc1ccc(-c2ccsc2)cc1. The van der Waals surface area contributed by atoms with Gasteiger partial charge in [-0.25, -0.2) is 0 Å². The van der Waals surface area contributed by atoms with Gasteiger partial charge in [-0.15, -0.1) is 0 Å². The monoisotopic (exact) mass is 307 g/mol. The molecule has 2 aromatic rings. The summed E-state index contributed by atoms with van der Waals surface area (Å²) < 4.78 is 11.9. The van der Waals surface area contributed by atoms with E-state index >= 15 is 0 Å². The van der Waals surface area contributed by atoms with Crippen molar-refractivity contribution < 1.29 is 9.00 Å². The number of hydrogen-bond acceptors (Lipinski definition) is 3. The van der Waals surface area contributed by atoms with Crippen molar-refractivity contribution in [3.8, 4) is 11.1 Å². The summed E-state index contributed by atoms with van der Waals surface area (Å²) in [6.07, 6.45) is 0. The number of carbonyl (C=O) groups excluding carboxylic acids is 1. The highest BCUT2D eigenvalue weighted by Crippen LogP contribution is 2.22. The molecule has 1 aromatic carbocycles. The van der Waals surface area contributed by atoms with Crippen molar-refractivity contribution in [3.63, 3.8) is 0 Å². The van der Waals surface area contributed by atoms with E-state index in [1.165, 1.54) is 10.5 Å². The highest BCUT2D eigenvalue weighted by atomic mass is 32.2. The molecule has 0 aliphatic carbocycles. The molecule has 1 amide bonds. The zero-order valence-corrected chi connectivity index (χ0v) is 13.2. The van der Waals surface area contributed by atoms with Crippen LogP contribution in [0.25, 0.3) is 11.1 Å². The molecule has 0 spiro atoms. The lowest BCUT2D eigenvalue weighted by molar-refractivity contribution is -0.125. The minimum atomic E-state index is -1.15. The van der Waals surface area contributed by atoms with Crippen LogP contribution < -0.4 is 0 Å². The Morgan fingerprint density at radius 3 is 2.40 bits per heavy atom. The van der Waals surface area contributed by atoms with Crippen LogP contribution in [0.2, 0.25) is 0 Å². The Morgan fingerprint density at radius 1 is 1.15 bits per heavy atom. The minimum Gasteiger partial charge on any atom is -0.348 e. The maximum atomic E-state index is 11.9. The lowest BCUT2D eigenvalue weighted by atomic mass is 10.1. The third-order valence-electron chi connectivity index (χ3n) is 2.92. The number of hydrogen-bond donors (Lipinski definition) is 0. The van der Waals surface area contributed by atoms with Crippen molar-refractivity contribution in [1.29, 1.82) is 0 Å². The lowest BCUT2D eigenvalue weighted by Gasteiger charge is -2.09. The molecule has 0 saturated carbocycles. The molecule has 1 heterocycles. The number of benzene rings is 1. The minimum absolute atomic E-state index is 0.0826. The third-order valence-corrected chi connectivity index (χ3v) is 4.83. The van der Waals surface area contributed by atoms with Crippen LogP contribution >= 0.6 is 11.3 Å². The van der Waals surface area contributed by atoms with Crippen molar-refractivity contribution in [3.05, 3.63) is 46.7 Å². The predicted molar refractivity (Wildman–Crippen MR) is 85.2 cm³/mol. The van der Waals surface area contributed by atoms with Crippen LogP contribution in [-0.4, -0.2) is 34.9 Å². The summed E-state index contributed by atoms with van der Waals surface area (Å²) in [4.78, 5) is 13.0. The van der Waals surface area contributed by atoms with Crippen LogP contribution in [0, 0.1) is 0 Å². The average Bonchev–Trinajstić information content (AvgIpc) is 2.93. The van der Waals surface area contributed by atoms with E-state index in [9.17, 15) is 9.00 Å². The van der Waals surface area contributed by atoms with E-state index in [1.807, 2.05) is 29.6 Å². The van der Waals surface area contributed by atoms with Gasteiger partial charge < -0.3 is 4.90 Å². The summed E-state index contributed by atoms with van der Waals surface area (Å²) >= 11 is 1.67. The Balaban J connectivity index is 1.97. The van der Waals surface area contributed by atoms with Crippen LogP contribution in [0.5, 0.6) is 0 Å². The molecule has 5 heteroatoms. The van der Waals surface area contributed by atoms with Crippen LogP contribution in [0.15, 0.2) is 41.1 Å². The van der Waals surface area contributed by atoms with Gasteiger partial charge in [0.1, 0.15) is 5.75 Å². The molecule has 0 saturated heterocycles. The van der Waals surface area contributed by atoms with Gasteiger partial charge >= 0.3 is 0 Å². The van der Waals surface area contributed by atoms with E-state index in [4.69, 9.17) is 0 Å². The molecule has 106 valence electrons. The quantitative estimate of drug-likeness (QED) is 0.852. The third kappa shape index (κ3) is 4.02. The summed E-state index contributed by atoms with van der Waals surface area (Å²) in [7, 11) is 2.20. The molecule has 0 aliphatic heterocycles. The Bertz CT molecular complexity index is 589. The number of carbonyl (C=O) groups is 1. The Hall–Kier alpha value is -1.46. The highest BCUT2D eigenvalue weighted by molar-refractivity contribution is 7.84. The Morgan fingerprint density at radius 2 is 1.85 bits per heavy atom. The van der Waals surface area contributed by atoms with Crippen molar-refractivity contribution >= 4 is 28.0 Å². The summed E-state index contributed by atoms with van der Waals surface area (Å²) in [6, 6.07) is 10.1. The van der Waals surface area contributed by atoms with E-state index < -0.39 is 10.8 Å². The van der Waals surface area contributed by atoms with E-state index in [0.29, 0.717) is 5.75 Å². The van der Waals surface area contributed by atoms with Gasteiger partial charge in [0.25, 0.3) is 0 Å². The number of rotatable bonds is 5. The normalized spacial score (nSPS) is 12.1. The summed E-state index contributed by atoms with van der Waals surface area (Å²) in [5, 5.41) is 4.15. The summed E-state index contributed by atoms with van der Waals surface area (Å²) in [5.74, 6) is 0.404. The smallest absolute Gasteiger partial charge is 0.234 e. The van der Waals surface area contributed by atoms with Gasteiger partial charge in [-0.3, -0.25) is 9.00 Å². The largest absolute Gasteiger partial charge is 0.348 e. The average molecular weight is 307 g/mol. The number of nitrogens with zero attached hydrogens (tertiary/aromatic N) is 1. The van der Waals surface area contributed by atoms with Crippen LogP contribution in [-0.2, 0) is 21.3 Å². The van der Waals surface area contributed by atoms with Gasteiger partial charge in [0.15, 0.2) is 0 Å². The molecule has 1 unspecified atom stereocenters. The second kappa shape index (κ2) is 6.81. The zero-order chi connectivity index (χ0) is 14.5. The molecule has 0 bridgehead atoms. The summed E-state index contributed by atoms with van der Waals surface area (Å²) in [5.41, 5.74) is 3.35. The molecule has 2 rings (SSSR count). The predicted octanol–water partition coefficient (Wildman–Crippen LogP) is 2.75. The molecule has 0 radical (unpaired) electrons. The van der Waals surface area contributed by atoms with E-state index in [2.05, 4.69) is 11.4 Å². The fraction of sp³-hybridized carbons (Fsp3) is 0.267. The second-order valence-electron chi connectivity index (χ2n) is 4.73. The molecule has 1 aromatic heterocycles. The van der Waals surface area contributed by atoms with Crippen molar-refractivity contribution in [2.45, 2.75) is 5.75 Å². The fourth-order valence-electron chi connectivity index (χ4n) is 1.73. The first kappa shape index (κ1) is 14.9. The van der Waals surface area contributed by atoms with Gasteiger partial charge in [0, 0.05) is 30.6 Å². The lowest BCUT2D eigenvalue weighted by Crippen LogP contribution is -2.27. The van der Waals surface area contributed by atoms with Gasteiger partial charge in [-0.05, 0) is 33.5 Å². The number of amides is 1. The second-order valence-corrected chi connectivity index (χ2v) is 6.96. The molecular weight excluding hydrogens is 290 g/mol. The maximum absolute atomic E-state index is 11.9. The molecule has 20 heavy (non-hydrogen) atoms. The Kier molecular flexibility index (Phi) is 5.09. The van der Waals surface area contributed by atoms with Crippen molar-refractivity contribution in [2.75, 3.05) is 19.8 Å². The van der Waals surface area contributed by atoms with Crippen LogP contribution in [0.1, 0.15) is 5.56 Å². The van der Waals surface area contributed by atoms with Crippen molar-refractivity contribution in [1.82, 2.24) is 4.90 Å². The first-order valence-electron chi connectivity index (χ1n) is 6.23. The molecule has 1 atom stereocenters. The van der Waals surface area contributed by atoms with E-state index in [1.54, 1.807) is 25.4 Å². The standard InChI is InChI=1S/C15H17NO2S2/c1-16(2)15(17)11-20(18)10-12-3-5-13(6-4-12)14-7-8-19-9-14/h3-9H,10-11H2,1-2H3. The maximum Gasteiger partial charge on any atom is 0.234 e. The Labute approximate surface area is 125 Å². The first-order chi connectivity index (χ1) is 9.56. The van der Waals surface area contributed by atoms with Gasteiger partial charge in [-0.1, -0.05) is 24.3 Å². The highest BCUT2D eigenvalue weighted by Gasteiger charge is 2.10. The molecular formula is C15H17NO2S2. The molecule has 0 fully saturated rings. The first-order valence-corrected chi connectivity index (χ1v) is 8.66. The van der Waals surface area contributed by atoms with Gasteiger partial charge in [0.05, 0.1) is 0 Å². The van der Waals surface area contributed by atoms with E-state index in [-0.39, 0.29) is 11.7 Å². The van der Waals surface area contributed by atoms with E-state index in [0.717, 1.165) is 11.1 Å². The fourth-order valence-corrected chi connectivity index (χ4v) is 3.59. The molecule has 0 N–H and O–H groups in total.